The number of aromatic nitrogens is 1. The van der Waals surface area contributed by atoms with E-state index in [9.17, 15) is 9.59 Å². The van der Waals surface area contributed by atoms with Crippen molar-refractivity contribution >= 4 is 34.1 Å². The summed E-state index contributed by atoms with van der Waals surface area (Å²) in [5.41, 5.74) is 11.0. The van der Waals surface area contributed by atoms with Crippen molar-refractivity contribution in [1.82, 2.24) is 9.88 Å². The number of benzene rings is 1. The Morgan fingerprint density at radius 3 is 2.75 bits per heavy atom. The first-order valence-electron chi connectivity index (χ1n) is 11.4. The first-order valence-corrected chi connectivity index (χ1v) is 11.4. The Morgan fingerprint density at radius 2 is 2.03 bits per heavy atom. The van der Waals surface area contributed by atoms with Gasteiger partial charge in [0.05, 0.1) is 11.4 Å². The van der Waals surface area contributed by atoms with E-state index in [0.717, 1.165) is 65.7 Å². The highest BCUT2D eigenvalue weighted by Crippen LogP contribution is 2.38. The lowest BCUT2D eigenvalue weighted by Crippen LogP contribution is -2.43. The van der Waals surface area contributed by atoms with Crippen LogP contribution in [-0.2, 0) is 9.59 Å². The van der Waals surface area contributed by atoms with E-state index < -0.39 is 0 Å². The Balaban J connectivity index is 1.52. The minimum atomic E-state index is -0.109. The number of allylic oxidation sites excluding steroid dienone is 2. The Hall–Kier alpha value is -3.09. The summed E-state index contributed by atoms with van der Waals surface area (Å²) in [6, 6.07) is 7.74. The number of rotatable bonds is 5. The van der Waals surface area contributed by atoms with Gasteiger partial charge in [-0.3, -0.25) is 15.0 Å². The average Bonchev–Trinajstić information content (AvgIpc) is 3.17. The molecule has 2 aliphatic rings. The van der Waals surface area contributed by atoms with E-state index in [4.69, 9.17) is 11.1 Å². The maximum Gasteiger partial charge on any atom is 0.246 e. The van der Waals surface area contributed by atoms with Crippen LogP contribution in [0, 0.1) is 10.8 Å². The normalized spacial score (nSPS) is 18.8. The molecule has 1 saturated heterocycles. The highest BCUT2D eigenvalue weighted by Gasteiger charge is 2.28. The zero-order valence-electron chi connectivity index (χ0n) is 19.3. The Bertz CT molecular complexity index is 1110. The van der Waals surface area contributed by atoms with E-state index >= 15 is 0 Å². The molecule has 0 radical (unpaired) electrons. The van der Waals surface area contributed by atoms with E-state index in [0.29, 0.717) is 18.7 Å². The van der Waals surface area contributed by atoms with Gasteiger partial charge in [0.15, 0.2) is 0 Å². The SMILES string of the molecule is CN(C(=O)CN1CCCCC1=O)c1ccc2cc(C(=N)C3=C(N)CC(C)(C)CC3)[nH]c2c1. The molecule has 0 unspecified atom stereocenters. The number of aromatic amines is 1. The fourth-order valence-electron chi connectivity index (χ4n) is 4.68. The predicted octanol–water partition coefficient (Wildman–Crippen LogP) is 3.93. The number of carbonyl (C=O) groups excluding carboxylic acids is 2. The van der Waals surface area contributed by atoms with Gasteiger partial charge >= 0.3 is 0 Å². The van der Waals surface area contributed by atoms with Crippen LogP contribution >= 0.6 is 0 Å². The molecule has 1 fully saturated rings. The van der Waals surface area contributed by atoms with Crippen LogP contribution in [0.4, 0.5) is 5.69 Å². The number of nitrogens with two attached hydrogens (primary N) is 1. The van der Waals surface area contributed by atoms with Crippen LogP contribution in [0.25, 0.3) is 10.9 Å². The largest absolute Gasteiger partial charge is 0.402 e. The fourth-order valence-corrected chi connectivity index (χ4v) is 4.68. The molecule has 2 amide bonds. The lowest BCUT2D eigenvalue weighted by molar-refractivity contribution is -0.137. The van der Waals surface area contributed by atoms with Gasteiger partial charge in [0.1, 0.15) is 6.54 Å². The van der Waals surface area contributed by atoms with E-state index in [1.54, 1.807) is 16.8 Å². The quantitative estimate of drug-likeness (QED) is 0.619. The van der Waals surface area contributed by atoms with Gasteiger partial charge in [0.2, 0.25) is 11.8 Å². The number of likely N-dealkylation sites (N-methyl/N-ethyl adjacent to an activating group) is 1. The van der Waals surface area contributed by atoms with Gasteiger partial charge in [-0.25, -0.2) is 0 Å². The third-order valence-electron chi connectivity index (χ3n) is 6.79. The van der Waals surface area contributed by atoms with Gasteiger partial charge in [0, 0.05) is 42.3 Å². The molecule has 1 aromatic carbocycles. The second kappa shape index (κ2) is 8.45. The standard InChI is InChI=1S/C25H33N5O2/c1-25(2)10-9-18(19(26)14-25)24(27)21-12-16-7-8-17(13-20(16)28-21)29(3)23(32)15-30-11-5-4-6-22(30)31/h7-8,12-13,27-28H,4-6,9-11,14-15,26H2,1-3H3. The topological polar surface area (TPSA) is 106 Å². The molecule has 1 aliphatic carbocycles. The number of hydrogen-bond donors (Lipinski definition) is 3. The van der Waals surface area contributed by atoms with Crippen molar-refractivity contribution in [3.8, 4) is 0 Å². The van der Waals surface area contributed by atoms with Gasteiger partial charge in [-0.2, -0.15) is 0 Å². The summed E-state index contributed by atoms with van der Waals surface area (Å²) in [5.74, 6) is -0.0532. The van der Waals surface area contributed by atoms with E-state index in [1.807, 2.05) is 24.3 Å². The number of amides is 2. The van der Waals surface area contributed by atoms with Crippen molar-refractivity contribution < 1.29 is 9.59 Å². The Labute approximate surface area is 189 Å². The first kappa shape index (κ1) is 22.1. The third kappa shape index (κ3) is 4.42. The number of H-pyrrole nitrogens is 1. The number of nitrogens with zero attached hydrogens (tertiary/aromatic N) is 2. The molecule has 0 bridgehead atoms. The number of anilines is 1. The van der Waals surface area contributed by atoms with Gasteiger partial charge in [0.25, 0.3) is 0 Å². The van der Waals surface area contributed by atoms with Gasteiger partial charge in [-0.05, 0) is 61.3 Å². The van der Waals surface area contributed by atoms with E-state index in [1.165, 1.54) is 0 Å². The zero-order valence-corrected chi connectivity index (χ0v) is 19.3. The van der Waals surface area contributed by atoms with Crippen molar-refractivity contribution in [3.63, 3.8) is 0 Å². The first-order chi connectivity index (χ1) is 15.1. The van der Waals surface area contributed by atoms with Crippen LogP contribution in [-0.4, -0.2) is 47.5 Å². The zero-order chi connectivity index (χ0) is 23.0. The van der Waals surface area contributed by atoms with Gasteiger partial charge < -0.3 is 20.5 Å². The predicted molar refractivity (Wildman–Crippen MR) is 128 cm³/mol. The van der Waals surface area contributed by atoms with Gasteiger partial charge in [-0.15, -0.1) is 0 Å². The molecule has 2 heterocycles. The lowest BCUT2D eigenvalue weighted by atomic mass is 9.75. The van der Waals surface area contributed by atoms with Crippen molar-refractivity contribution in [2.45, 2.75) is 52.4 Å². The molecule has 0 saturated carbocycles. The second-order valence-electron chi connectivity index (χ2n) is 9.90. The van der Waals surface area contributed by atoms with Crippen LogP contribution < -0.4 is 10.6 Å². The number of piperidine rings is 1. The smallest absolute Gasteiger partial charge is 0.246 e. The molecule has 4 N–H and O–H groups in total. The second-order valence-corrected chi connectivity index (χ2v) is 9.90. The molecule has 7 heteroatoms. The summed E-state index contributed by atoms with van der Waals surface area (Å²) in [4.78, 5) is 31.4. The molecule has 1 aromatic heterocycles. The molecule has 4 rings (SSSR count). The Morgan fingerprint density at radius 1 is 1.25 bits per heavy atom. The molecular formula is C25H33N5O2. The fraction of sp³-hybridized carbons (Fsp3) is 0.480. The molecule has 1 aliphatic heterocycles. The summed E-state index contributed by atoms with van der Waals surface area (Å²) < 4.78 is 0. The van der Waals surface area contributed by atoms with Crippen LogP contribution in [0.5, 0.6) is 0 Å². The summed E-state index contributed by atoms with van der Waals surface area (Å²) in [6.07, 6.45) is 5.01. The molecular weight excluding hydrogens is 402 g/mol. The number of nitrogens with one attached hydrogen (secondary N) is 2. The number of fused-ring (bicyclic) bond motifs is 1. The van der Waals surface area contributed by atoms with Gasteiger partial charge in [-0.1, -0.05) is 19.9 Å². The summed E-state index contributed by atoms with van der Waals surface area (Å²) in [5, 5.41) is 9.70. The van der Waals surface area contributed by atoms with Crippen molar-refractivity contribution in [1.29, 1.82) is 5.41 Å². The van der Waals surface area contributed by atoms with Crippen molar-refractivity contribution in [3.05, 3.63) is 41.2 Å². The summed E-state index contributed by atoms with van der Waals surface area (Å²) >= 11 is 0. The maximum atomic E-state index is 12.8. The lowest BCUT2D eigenvalue weighted by Gasteiger charge is -2.31. The molecule has 7 nitrogen and oxygen atoms in total. The molecule has 170 valence electrons. The number of likely N-dealkylation sites (tertiary alicyclic amines) is 1. The van der Waals surface area contributed by atoms with Crippen molar-refractivity contribution in [2.24, 2.45) is 11.1 Å². The summed E-state index contributed by atoms with van der Waals surface area (Å²) in [7, 11) is 1.74. The minimum absolute atomic E-state index is 0.0562. The van der Waals surface area contributed by atoms with Crippen LogP contribution in [0.15, 0.2) is 35.5 Å². The highest BCUT2D eigenvalue weighted by atomic mass is 16.2. The molecule has 2 aromatic rings. The molecule has 0 spiro atoms. The van der Waals surface area contributed by atoms with Crippen LogP contribution in [0.1, 0.15) is 58.1 Å². The maximum absolute atomic E-state index is 12.8. The average molecular weight is 436 g/mol. The third-order valence-corrected chi connectivity index (χ3v) is 6.79. The molecule has 32 heavy (non-hydrogen) atoms. The van der Waals surface area contributed by atoms with Crippen LogP contribution in [0.2, 0.25) is 0 Å². The van der Waals surface area contributed by atoms with Crippen LogP contribution in [0.3, 0.4) is 0 Å². The minimum Gasteiger partial charge on any atom is -0.402 e. The Kier molecular flexibility index (Phi) is 5.84. The number of hydrogen-bond acceptors (Lipinski definition) is 4. The molecule has 0 atom stereocenters. The van der Waals surface area contributed by atoms with E-state index in [-0.39, 0.29) is 23.8 Å². The number of carbonyl (C=O) groups is 2. The van der Waals surface area contributed by atoms with E-state index in [2.05, 4.69) is 18.8 Å². The van der Waals surface area contributed by atoms with Crippen molar-refractivity contribution in [2.75, 3.05) is 25.0 Å². The monoisotopic (exact) mass is 435 g/mol. The highest BCUT2D eigenvalue weighted by molar-refractivity contribution is 6.12. The summed E-state index contributed by atoms with van der Waals surface area (Å²) in [6.45, 7) is 5.18.